The molecule has 9 nitrogen and oxygen atoms in total. The fraction of sp³-hybridized carbons (Fsp3) is 0.192. The Kier molecular flexibility index (Phi) is 8.29. The third-order valence-corrected chi connectivity index (χ3v) is 5.12. The smallest absolute Gasteiger partial charge is 0.330 e. The first-order valence-corrected chi connectivity index (χ1v) is 10.8. The van der Waals surface area contributed by atoms with Crippen LogP contribution < -0.4 is 25.3 Å². The second-order valence-corrected chi connectivity index (χ2v) is 7.46. The number of benzene rings is 3. The van der Waals surface area contributed by atoms with Crippen LogP contribution in [0.25, 0.3) is 0 Å². The molecule has 0 fully saturated rings. The largest absolute Gasteiger partial charge is 0.496 e. The topological polar surface area (TPSA) is 144 Å². The maximum Gasteiger partial charge on any atom is 0.330 e. The number of hydrogen-bond donors (Lipinski definition) is 4. The van der Waals surface area contributed by atoms with Gasteiger partial charge in [0.25, 0.3) is 0 Å². The number of nitrogens with two attached hydrogens (primary N) is 1. The molecule has 1 atom stereocenters. The van der Waals surface area contributed by atoms with Crippen molar-refractivity contribution < 1.29 is 28.9 Å². The number of methoxy groups -OCH3 is 1. The number of amidine groups is 1. The number of nitrogen functional groups attached to an aromatic ring is 1. The second kappa shape index (κ2) is 11.6. The van der Waals surface area contributed by atoms with E-state index >= 15 is 0 Å². The fourth-order valence-electron chi connectivity index (χ4n) is 3.39. The molecule has 182 valence electrons. The van der Waals surface area contributed by atoms with Crippen molar-refractivity contribution >= 4 is 23.3 Å². The predicted molar refractivity (Wildman–Crippen MR) is 132 cm³/mol. The van der Waals surface area contributed by atoms with E-state index in [4.69, 9.17) is 25.4 Å². The van der Waals surface area contributed by atoms with Crippen LogP contribution in [0.4, 0.5) is 5.69 Å². The highest BCUT2D eigenvalue weighted by molar-refractivity contribution is 5.99. The molecule has 0 aliphatic heterocycles. The molecule has 9 heteroatoms. The van der Waals surface area contributed by atoms with Gasteiger partial charge < -0.3 is 30.4 Å². The first-order valence-electron chi connectivity index (χ1n) is 10.8. The molecule has 1 unspecified atom stereocenters. The summed E-state index contributed by atoms with van der Waals surface area (Å²) in [7, 11) is 1.49. The molecule has 0 aliphatic carbocycles. The number of carboxylic acid groups (broad SMARTS) is 1. The summed E-state index contributed by atoms with van der Waals surface area (Å²) in [6.07, 6.45) is 0. The first kappa shape index (κ1) is 25.1. The van der Waals surface area contributed by atoms with Crippen LogP contribution in [0, 0.1) is 5.41 Å². The first-order chi connectivity index (χ1) is 16.8. The summed E-state index contributed by atoms with van der Waals surface area (Å²) in [5.41, 5.74) is 7.38. The number of anilines is 1. The van der Waals surface area contributed by atoms with Crippen molar-refractivity contribution in [2.24, 2.45) is 5.73 Å². The van der Waals surface area contributed by atoms with Gasteiger partial charge in [-0.05, 0) is 61.0 Å². The van der Waals surface area contributed by atoms with E-state index in [0.717, 1.165) is 0 Å². The van der Waals surface area contributed by atoms with Crippen LogP contribution in [0.1, 0.15) is 34.5 Å². The van der Waals surface area contributed by atoms with E-state index in [1.165, 1.54) is 7.11 Å². The molecule has 0 radical (unpaired) electrons. The van der Waals surface area contributed by atoms with Crippen molar-refractivity contribution in [1.29, 1.82) is 5.41 Å². The molecule has 0 spiro atoms. The van der Waals surface area contributed by atoms with Gasteiger partial charge in [0, 0.05) is 11.3 Å². The number of rotatable bonds is 12. The number of ether oxygens (including phenoxy) is 3. The van der Waals surface area contributed by atoms with E-state index in [2.05, 4.69) is 5.32 Å². The van der Waals surface area contributed by atoms with Crippen LogP contribution in [0.2, 0.25) is 0 Å². The van der Waals surface area contributed by atoms with Gasteiger partial charge in [-0.15, -0.1) is 0 Å². The van der Waals surface area contributed by atoms with E-state index < -0.39 is 12.0 Å². The Balaban J connectivity index is 1.80. The lowest BCUT2D eigenvalue weighted by molar-refractivity contribution is -0.138. The SMILES string of the molecule is CCOc1cc(C(Nc2ccc(C(=N)N)cc2)C(=O)O)ccc1OCC(=O)c1ccccc1OC. The van der Waals surface area contributed by atoms with Gasteiger partial charge in [-0.3, -0.25) is 10.2 Å². The minimum atomic E-state index is -1.09. The highest BCUT2D eigenvalue weighted by Crippen LogP contribution is 2.32. The number of carboxylic acids is 1. The zero-order valence-electron chi connectivity index (χ0n) is 19.4. The maximum absolute atomic E-state index is 12.6. The second-order valence-electron chi connectivity index (χ2n) is 7.46. The van der Waals surface area contributed by atoms with Crippen molar-refractivity contribution in [3.05, 3.63) is 83.4 Å². The molecule has 0 saturated carbocycles. The van der Waals surface area contributed by atoms with Gasteiger partial charge in [-0.25, -0.2) is 4.79 Å². The minimum Gasteiger partial charge on any atom is -0.496 e. The molecule has 0 saturated heterocycles. The quantitative estimate of drug-likeness (QED) is 0.175. The molecule has 3 aromatic rings. The highest BCUT2D eigenvalue weighted by atomic mass is 16.5. The van der Waals surface area contributed by atoms with Gasteiger partial charge in [0.2, 0.25) is 5.78 Å². The summed E-state index contributed by atoms with van der Waals surface area (Å²) < 4.78 is 16.6. The highest BCUT2D eigenvalue weighted by Gasteiger charge is 2.22. The minimum absolute atomic E-state index is 0.0764. The molecule has 3 rings (SSSR count). The van der Waals surface area contributed by atoms with Crippen molar-refractivity contribution in [2.75, 3.05) is 25.6 Å². The molecule has 0 heterocycles. The number of carbonyl (C=O) groups is 2. The van der Waals surface area contributed by atoms with E-state index in [1.807, 2.05) is 0 Å². The molecule has 0 aliphatic rings. The summed E-state index contributed by atoms with van der Waals surface area (Å²) >= 11 is 0. The number of Topliss-reactive ketones (excluding diaryl/α,β-unsaturated/α-hetero) is 1. The fourth-order valence-corrected chi connectivity index (χ4v) is 3.39. The van der Waals surface area contributed by atoms with Gasteiger partial charge in [0.15, 0.2) is 24.1 Å². The molecule has 3 aromatic carbocycles. The number of para-hydroxylation sites is 1. The number of hydrogen-bond acceptors (Lipinski definition) is 7. The Morgan fingerprint density at radius 2 is 1.71 bits per heavy atom. The van der Waals surface area contributed by atoms with E-state index in [9.17, 15) is 14.7 Å². The normalized spacial score (nSPS) is 11.3. The van der Waals surface area contributed by atoms with Crippen LogP contribution in [0.3, 0.4) is 0 Å². The average molecular weight is 478 g/mol. The predicted octanol–water partition coefficient (Wildman–Crippen LogP) is 3.88. The monoisotopic (exact) mass is 477 g/mol. The summed E-state index contributed by atoms with van der Waals surface area (Å²) in [6.45, 7) is 1.86. The van der Waals surface area contributed by atoms with Crippen LogP contribution in [0.15, 0.2) is 66.7 Å². The summed E-state index contributed by atoms with van der Waals surface area (Å²) in [5.74, 6) is -0.358. The molecule has 0 aromatic heterocycles. The van der Waals surface area contributed by atoms with Crippen molar-refractivity contribution in [3.63, 3.8) is 0 Å². The summed E-state index contributed by atoms with van der Waals surface area (Å²) in [5, 5.41) is 20.3. The zero-order chi connectivity index (χ0) is 25.4. The number of aliphatic carboxylic acids is 1. The average Bonchev–Trinajstić information content (AvgIpc) is 2.86. The Labute approximate surface area is 202 Å². The lowest BCUT2D eigenvalue weighted by Gasteiger charge is -2.19. The van der Waals surface area contributed by atoms with E-state index in [-0.39, 0.29) is 18.2 Å². The van der Waals surface area contributed by atoms with E-state index in [0.29, 0.717) is 46.2 Å². The number of ketones is 1. The number of carbonyl (C=O) groups excluding carboxylic acids is 1. The third-order valence-electron chi connectivity index (χ3n) is 5.12. The third kappa shape index (κ3) is 6.29. The van der Waals surface area contributed by atoms with Gasteiger partial charge >= 0.3 is 5.97 Å². The van der Waals surface area contributed by atoms with Gasteiger partial charge in [-0.2, -0.15) is 0 Å². The zero-order valence-corrected chi connectivity index (χ0v) is 19.4. The van der Waals surface area contributed by atoms with Crippen LogP contribution in [-0.2, 0) is 4.79 Å². The van der Waals surface area contributed by atoms with Crippen molar-refractivity contribution in [2.45, 2.75) is 13.0 Å². The van der Waals surface area contributed by atoms with Crippen molar-refractivity contribution in [3.8, 4) is 17.2 Å². The Hall–Kier alpha value is -4.53. The maximum atomic E-state index is 12.6. The van der Waals surface area contributed by atoms with Crippen LogP contribution >= 0.6 is 0 Å². The van der Waals surface area contributed by atoms with Crippen LogP contribution in [0.5, 0.6) is 17.2 Å². The summed E-state index contributed by atoms with van der Waals surface area (Å²) in [6, 6.07) is 17.1. The van der Waals surface area contributed by atoms with Gasteiger partial charge in [0.05, 0.1) is 19.3 Å². The van der Waals surface area contributed by atoms with Gasteiger partial charge in [0.1, 0.15) is 11.6 Å². The molecule has 0 amide bonds. The molecule has 0 bridgehead atoms. The van der Waals surface area contributed by atoms with Crippen LogP contribution in [-0.4, -0.2) is 43.0 Å². The van der Waals surface area contributed by atoms with Crippen molar-refractivity contribution in [1.82, 2.24) is 0 Å². The molecular weight excluding hydrogens is 450 g/mol. The molecular formula is C26H27N3O6. The summed E-state index contributed by atoms with van der Waals surface area (Å²) in [4.78, 5) is 24.7. The lowest BCUT2D eigenvalue weighted by Crippen LogP contribution is -2.21. The Morgan fingerprint density at radius 3 is 2.34 bits per heavy atom. The lowest BCUT2D eigenvalue weighted by atomic mass is 10.1. The molecule has 35 heavy (non-hydrogen) atoms. The molecule has 5 N–H and O–H groups in total. The Morgan fingerprint density at radius 1 is 1.00 bits per heavy atom. The number of nitrogens with one attached hydrogen (secondary N) is 2. The van der Waals surface area contributed by atoms with E-state index in [1.54, 1.807) is 73.7 Å². The standard InChI is InChI=1S/C26H27N3O6/c1-3-34-23-14-17(24(26(31)32)29-18-11-8-16(9-12-18)25(27)28)10-13-22(23)35-15-20(30)19-6-4-5-7-21(19)33-2/h4-14,24,29H,3,15H2,1-2H3,(H3,27,28)(H,31,32). The van der Waals surface area contributed by atoms with Gasteiger partial charge in [-0.1, -0.05) is 18.2 Å². The Bertz CT molecular complexity index is 1210.